The van der Waals surface area contributed by atoms with Crippen molar-refractivity contribution in [1.82, 2.24) is 4.98 Å². The van der Waals surface area contributed by atoms with Gasteiger partial charge in [-0.25, -0.2) is 0 Å². The number of pyridine rings is 1. The molecule has 1 aromatic rings. The van der Waals surface area contributed by atoms with Crippen LogP contribution in [0.15, 0.2) is 18.5 Å². The van der Waals surface area contributed by atoms with Crippen LogP contribution >= 0.6 is 12.2 Å². The van der Waals surface area contributed by atoms with Gasteiger partial charge in [0.1, 0.15) is 4.99 Å². The van der Waals surface area contributed by atoms with Crippen molar-refractivity contribution in [3.05, 3.63) is 24.0 Å². The maximum atomic E-state index is 10.5. The zero-order valence-electron chi connectivity index (χ0n) is 7.36. The van der Waals surface area contributed by atoms with Crippen molar-refractivity contribution in [3.63, 3.8) is 0 Å². The fourth-order valence-corrected chi connectivity index (χ4v) is 1.11. The Hall–Kier alpha value is -1.69. The molecule has 74 valence electrons. The summed E-state index contributed by atoms with van der Waals surface area (Å²) in [5, 5.41) is 2.79. The molecular weight excluding hydrogens is 200 g/mol. The van der Waals surface area contributed by atoms with Gasteiger partial charge in [0.25, 0.3) is 0 Å². The SMILES string of the molecule is NC(=O)CNc1cnccc1C(N)=S. The van der Waals surface area contributed by atoms with Crippen LogP contribution in [0.1, 0.15) is 5.56 Å². The third-order valence-electron chi connectivity index (χ3n) is 1.54. The Kier molecular flexibility index (Phi) is 3.35. The van der Waals surface area contributed by atoms with E-state index < -0.39 is 5.91 Å². The quantitative estimate of drug-likeness (QED) is 0.588. The van der Waals surface area contributed by atoms with Crippen molar-refractivity contribution >= 4 is 28.8 Å². The first kappa shape index (κ1) is 10.4. The van der Waals surface area contributed by atoms with Crippen molar-refractivity contribution in [2.45, 2.75) is 0 Å². The van der Waals surface area contributed by atoms with Crippen LogP contribution in [-0.2, 0) is 4.79 Å². The van der Waals surface area contributed by atoms with Crippen LogP contribution in [0, 0.1) is 0 Å². The lowest BCUT2D eigenvalue weighted by Gasteiger charge is -2.08. The van der Waals surface area contributed by atoms with E-state index in [1.165, 1.54) is 6.20 Å². The van der Waals surface area contributed by atoms with Crippen molar-refractivity contribution in [3.8, 4) is 0 Å². The smallest absolute Gasteiger partial charge is 0.236 e. The molecule has 0 saturated carbocycles. The predicted octanol–water partition coefficient (Wildman–Crippen LogP) is -0.387. The van der Waals surface area contributed by atoms with Crippen LogP contribution in [0.2, 0.25) is 0 Å². The third kappa shape index (κ3) is 2.67. The van der Waals surface area contributed by atoms with E-state index in [0.29, 0.717) is 11.3 Å². The molecule has 0 radical (unpaired) electrons. The molecule has 0 aliphatic carbocycles. The number of hydrogen-bond acceptors (Lipinski definition) is 4. The molecule has 0 atom stereocenters. The summed E-state index contributed by atoms with van der Waals surface area (Å²) >= 11 is 4.82. The van der Waals surface area contributed by atoms with Crippen LogP contribution < -0.4 is 16.8 Å². The summed E-state index contributed by atoms with van der Waals surface area (Å²) < 4.78 is 0. The first-order valence-corrected chi connectivity index (χ1v) is 4.28. The van der Waals surface area contributed by atoms with E-state index in [1.54, 1.807) is 12.3 Å². The Labute approximate surface area is 86.5 Å². The minimum absolute atomic E-state index is 0.0291. The number of nitrogens with one attached hydrogen (secondary N) is 1. The number of carbonyl (C=O) groups excluding carboxylic acids is 1. The van der Waals surface area contributed by atoms with Crippen molar-refractivity contribution in [2.24, 2.45) is 11.5 Å². The molecule has 0 aromatic carbocycles. The number of nitrogens with two attached hydrogens (primary N) is 2. The molecule has 5 N–H and O–H groups in total. The van der Waals surface area contributed by atoms with Gasteiger partial charge in [0.2, 0.25) is 5.91 Å². The average Bonchev–Trinajstić information content (AvgIpc) is 2.15. The van der Waals surface area contributed by atoms with Crippen LogP contribution in [0.25, 0.3) is 0 Å². The van der Waals surface area contributed by atoms with E-state index in [4.69, 9.17) is 23.7 Å². The number of nitrogens with zero attached hydrogens (tertiary/aromatic N) is 1. The number of aromatic nitrogens is 1. The molecule has 14 heavy (non-hydrogen) atoms. The lowest BCUT2D eigenvalue weighted by Crippen LogP contribution is -2.23. The molecule has 1 aromatic heterocycles. The summed E-state index contributed by atoms with van der Waals surface area (Å²) in [4.78, 5) is 14.7. The molecule has 1 amide bonds. The number of carbonyl (C=O) groups is 1. The fourth-order valence-electron chi connectivity index (χ4n) is 0.933. The summed E-state index contributed by atoms with van der Waals surface area (Å²) in [6.45, 7) is 0.0291. The lowest BCUT2D eigenvalue weighted by molar-refractivity contribution is -0.116. The van der Waals surface area contributed by atoms with Gasteiger partial charge in [-0.1, -0.05) is 12.2 Å². The Morgan fingerprint density at radius 1 is 1.57 bits per heavy atom. The number of primary amides is 1. The molecule has 0 aliphatic rings. The van der Waals surface area contributed by atoms with Gasteiger partial charge in [-0.2, -0.15) is 0 Å². The first-order valence-electron chi connectivity index (χ1n) is 3.87. The van der Waals surface area contributed by atoms with E-state index in [1.807, 2.05) is 0 Å². The van der Waals surface area contributed by atoms with Crippen LogP contribution in [0.4, 0.5) is 5.69 Å². The van der Waals surface area contributed by atoms with E-state index >= 15 is 0 Å². The average molecular weight is 210 g/mol. The highest BCUT2D eigenvalue weighted by atomic mass is 32.1. The van der Waals surface area contributed by atoms with E-state index in [2.05, 4.69) is 10.3 Å². The highest BCUT2D eigenvalue weighted by Crippen LogP contribution is 2.12. The Morgan fingerprint density at radius 2 is 2.29 bits per heavy atom. The molecule has 0 bridgehead atoms. The Bertz CT molecular complexity index is 366. The molecule has 6 heteroatoms. The van der Waals surface area contributed by atoms with Gasteiger partial charge < -0.3 is 16.8 Å². The number of amides is 1. The predicted molar refractivity (Wildman–Crippen MR) is 57.8 cm³/mol. The largest absolute Gasteiger partial charge is 0.389 e. The number of anilines is 1. The van der Waals surface area contributed by atoms with Gasteiger partial charge in [0.15, 0.2) is 0 Å². The maximum absolute atomic E-state index is 10.5. The number of thiocarbonyl (C=S) groups is 1. The van der Waals surface area contributed by atoms with E-state index in [0.717, 1.165) is 0 Å². The number of rotatable bonds is 4. The molecule has 0 saturated heterocycles. The topological polar surface area (TPSA) is 94.0 Å². The molecule has 0 fully saturated rings. The Balaban J connectivity index is 2.84. The van der Waals surface area contributed by atoms with E-state index in [9.17, 15) is 4.79 Å². The van der Waals surface area contributed by atoms with E-state index in [-0.39, 0.29) is 11.5 Å². The first-order chi connectivity index (χ1) is 6.61. The summed E-state index contributed by atoms with van der Waals surface area (Å²) in [6.07, 6.45) is 3.11. The molecule has 1 rings (SSSR count). The second-order valence-corrected chi connectivity index (χ2v) is 3.05. The monoisotopic (exact) mass is 210 g/mol. The highest BCUT2D eigenvalue weighted by molar-refractivity contribution is 7.80. The summed E-state index contributed by atoms with van der Waals surface area (Å²) in [6, 6.07) is 1.67. The highest BCUT2D eigenvalue weighted by Gasteiger charge is 2.04. The third-order valence-corrected chi connectivity index (χ3v) is 1.76. The second-order valence-electron chi connectivity index (χ2n) is 2.61. The molecule has 1 heterocycles. The molecular formula is C8H10N4OS. The second kappa shape index (κ2) is 4.52. The zero-order chi connectivity index (χ0) is 10.6. The molecule has 0 spiro atoms. The molecule has 0 aliphatic heterocycles. The molecule has 5 nitrogen and oxygen atoms in total. The van der Waals surface area contributed by atoms with Gasteiger partial charge in [-0.3, -0.25) is 9.78 Å². The summed E-state index contributed by atoms with van der Waals surface area (Å²) in [5.74, 6) is -0.456. The standard InChI is InChI=1S/C8H10N4OS/c9-7(13)4-12-6-3-11-2-1-5(6)8(10)14/h1-3,12H,4H2,(H2,9,13)(H2,10,14). The van der Waals surface area contributed by atoms with Crippen LogP contribution in [0.5, 0.6) is 0 Å². The van der Waals surface area contributed by atoms with Gasteiger partial charge >= 0.3 is 0 Å². The fraction of sp³-hybridized carbons (Fsp3) is 0.125. The van der Waals surface area contributed by atoms with Crippen molar-refractivity contribution < 1.29 is 4.79 Å². The van der Waals surface area contributed by atoms with Crippen molar-refractivity contribution in [1.29, 1.82) is 0 Å². The van der Waals surface area contributed by atoms with Gasteiger partial charge in [0.05, 0.1) is 18.4 Å². The minimum atomic E-state index is -0.456. The lowest BCUT2D eigenvalue weighted by atomic mass is 10.2. The van der Waals surface area contributed by atoms with Gasteiger partial charge in [0, 0.05) is 11.8 Å². The number of hydrogen-bond donors (Lipinski definition) is 3. The van der Waals surface area contributed by atoms with Crippen molar-refractivity contribution in [2.75, 3.05) is 11.9 Å². The molecule has 0 unspecified atom stereocenters. The zero-order valence-corrected chi connectivity index (χ0v) is 8.17. The Morgan fingerprint density at radius 3 is 2.86 bits per heavy atom. The van der Waals surface area contributed by atoms with Crippen LogP contribution in [-0.4, -0.2) is 22.4 Å². The summed E-state index contributed by atoms with van der Waals surface area (Å²) in [5.41, 5.74) is 11.7. The minimum Gasteiger partial charge on any atom is -0.389 e. The summed E-state index contributed by atoms with van der Waals surface area (Å²) in [7, 11) is 0. The van der Waals surface area contributed by atoms with Gasteiger partial charge in [-0.05, 0) is 6.07 Å². The van der Waals surface area contributed by atoms with Crippen LogP contribution in [0.3, 0.4) is 0 Å². The maximum Gasteiger partial charge on any atom is 0.236 e. The van der Waals surface area contributed by atoms with Gasteiger partial charge in [-0.15, -0.1) is 0 Å². The normalized spacial score (nSPS) is 9.43.